The van der Waals surface area contributed by atoms with Crippen LogP contribution in [0.15, 0.2) is 24.5 Å². The van der Waals surface area contributed by atoms with Gasteiger partial charge in [0.05, 0.1) is 12.0 Å². The number of nitrogens with one attached hydrogen (secondary N) is 2. The molecule has 2 aromatic rings. The molecule has 0 amide bonds. The second kappa shape index (κ2) is 6.62. The molecule has 1 unspecified atom stereocenters. The zero-order chi connectivity index (χ0) is 15.5. The van der Waals surface area contributed by atoms with E-state index in [0.29, 0.717) is 17.1 Å². The number of alkyl halides is 2. The fraction of sp³-hybridized carbons (Fsp3) is 0.400. The molecule has 118 valence electrons. The number of benzene rings is 1. The smallest absolute Gasteiger partial charge is 0.387 e. The van der Waals surface area contributed by atoms with Crippen molar-refractivity contribution in [1.82, 2.24) is 15.3 Å². The van der Waals surface area contributed by atoms with E-state index >= 15 is 0 Å². The Morgan fingerprint density at radius 3 is 3.14 bits per heavy atom. The van der Waals surface area contributed by atoms with Gasteiger partial charge in [0.2, 0.25) is 0 Å². The highest BCUT2D eigenvalue weighted by atomic mass is 35.5. The summed E-state index contributed by atoms with van der Waals surface area (Å²) in [6.07, 6.45) is 4.43. The third-order valence-electron chi connectivity index (χ3n) is 3.81. The van der Waals surface area contributed by atoms with Crippen molar-refractivity contribution >= 4 is 11.6 Å². The summed E-state index contributed by atoms with van der Waals surface area (Å²) < 4.78 is 29.4. The van der Waals surface area contributed by atoms with Gasteiger partial charge in [-0.2, -0.15) is 8.78 Å². The number of rotatable bonds is 5. The van der Waals surface area contributed by atoms with Crippen molar-refractivity contribution < 1.29 is 13.5 Å². The summed E-state index contributed by atoms with van der Waals surface area (Å²) in [5.74, 6) is 0.157. The van der Waals surface area contributed by atoms with Crippen molar-refractivity contribution in [2.24, 2.45) is 0 Å². The van der Waals surface area contributed by atoms with Gasteiger partial charge >= 0.3 is 6.61 Å². The van der Waals surface area contributed by atoms with Gasteiger partial charge < -0.3 is 15.0 Å². The topological polar surface area (TPSA) is 49.9 Å². The van der Waals surface area contributed by atoms with E-state index < -0.39 is 6.61 Å². The van der Waals surface area contributed by atoms with Crippen molar-refractivity contribution in [3.63, 3.8) is 0 Å². The molecule has 1 aliphatic rings. The SMILES string of the molecule is FC(F)Oc1ccc(Cl)cc1CNC1CCc2nc[nH]c2C1. The number of fused-ring (bicyclic) bond motifs is 1. The second-order valence-electron chi connectivity index (χ2n) is 5.28. The van der Waals surface area contributed by atoms with Crippen LogP contribution in [0.1, 0.15) is 23.4 Å². The molecule has 1 aromatic carbocycles. The summed E-state index contributed by atoms with van der Waals surface area (Å²) in [5.41, 5.74) is 2.88. The molecular weight excluding hydrogens is 312 g/mol. The Morgan fingerprint density at radius 2 is 2.32 bits per heavy atom. The van der Waals surface area contributed by atoms with Crippen LogP contribution in [0, 0.1) is 0 Å². The second-order valence-corrected chi connectivity index (χ2v) is 5.72. The summed E-state index contributed by atoms with van der Waals surface area (Å²) in [6, 6.07) is 4.93. The lowest BCUT2D eigenvalue weighted by Gasteiger charge is -2.23. The Hall–Kier alpha value is -1.66. The molecule has 0 bridgehead atoms. The van der Waals surface area contributed by atoms with Crippen LogP contribution in [0.2, 0.25) is 5.02 Å². The van der Waals surface area contributed by atoms with Crippen LogP contribution in [-0.2, 0) is 19.4 Å². The minimum Gasteiger partial charge on any atom is -0.434 e. The Bertz CT molecular complexity index is 647. The summed E-state index contributed by atoms with van der Waals surface area (Å²) in [4.78, 5) is 7.40. The number of aryl methyl sites for hydroxylation is 1. The number of nitrogens with zero attached hydrogens (tertiary/aromatic N) is 1. The zero-order valence-electron chi connectivity index (χ0n) is 11.8. The number of ether oxygens (including phenoxy) is 1. The molecular formula is C15H16ClF2N3O. The van der Waals surface area contributed by atoms with Crippen molar-refractivity contribution in [2.45, 2.75) is 38.5 Å². The summed E-state index contributed by atoms with van der Waals surface area (Å²) >= 11 is 5.94. The van der Waals surface area contributed by atoms with E-state index in [-0.39, 0.29) is 11.8 Å². The third-order valence-corrected chi connectivity index (χ3v) is 4.04. The average molecular weight is 328 g/mol. The van der Waals surface area contributed by atoms with E-state index in [0.717, 1.165) is 30.7 Å². The standard InChI is InChI=1S/C15H16ClF2N3O/c16-10-1-4-14(22-15(17)18)9(5-10)7-19-11-2-3-12-13(6-11)21-8-20-12/h1,4-5,8,11,15,19H,2-3,6-7H2,(H,20,21). The van der Waals surface area contributed by atoms with Crippen LogP contribution in [0.3, 0.4) is 0 Å². The molecule has 0 saturated carbocycles. The first-order valence-corrected chi connectivity index (χ1v) is 7.47. The number of halogens is 3. The van der Waals surface area contributed by atoms with Gasteiger partial charge in [-0.15, -0.1) is 0 Å². The van der Waals surface area contributed by atoms with Crippen LogP contribution in [0.4, 0.5) is 8.78 Å². The fourth-order valence-corrected chi connectivity index (χ4v) is 2.92. The van der Waals surface area contributed by atoms with Crippen molar-refractivity contribution in [3.8, 4) is 5.75 Å². The highest BCUT2D eigenvalue weighted by molar-refractivity contribution is 6.30. The molecule has 2 N–H and O–H groups in total. The van der Waals surface area contributed by atoms with E-state index in [4.69, 9.17) is 11.6 Å². The minimum absolute atomic E-state index is 0.157. The predicted molar refractivity (Wildman–Crippen MR) is 79.3 cm³/mol. The van der Waals surface area contributed by atoms with Crippen LogP contribution in [0.5, 0.6) is 5.75 Å². The van der Waals surface area contributed by atoms with Gasteiger partial charge in [-0.3, -0.25) is 0 Å². The van der Waals surface area contributed by atoms with E-state index in [1.54, 1.807) is 18.5 Å². The molecule has 3 rings (SSSR count). The Kier molecular flexibility index (Phi) is 4.59. The molecule has 1 heterocycles. The number of aromatic amines is 1. The first-order chi connectivity index (χ1) is 10.6. The van der Waals surface area contributed by atoms with Gasteiger partial charge in [0.1, 0.15) is 5.75 Å². The van der Waals surface area contributed by atoms with Gasteiger partial charge in [-0.25, -0.2) is 4.98 Å². The molecule has 0 aliphatic heterocycles. The molecule has 1 aromatic heterocycles. The first kappa shape index (κ1) is 15.2. The monoisotopic (exact) mass is 327 g/mol. The first-order valence-electron chi connectivity index (χ1n) is 7.09. The van der Waals surface area contributed by atoms with Gasteiger partial charge in [0.15, 0.2) is 0 Å². The molecule has 1 aliphatic carbocycles. The summed E-state index contributed by atoms with van der Waals surface area (Å²) in [5, 5.41) is 3.88. The molecule has 1 atom stereocenters. The van der Waals surface area contributed by atoms with Gasteiger partial charge in [-0.05, 0) is 31.0 Å². The van der Waals surface area contributed by atoms with Gasteiger partial charge in [-0.1, -0.05) is 11.6 Å². The van der Waals surface area contributed by atoms with Gasteiger partial charge in [0.25, 0.3) is 0 Å². The van der Waals surface area contributed by atoms with Crippen molar-refractivity contribution in [3.05, 3.63) is 46.5 Å². The highest BCUT2D eigenvalue weighted by Crippen LogP contribution is 2.25. The van der Waals surface area contributed by atoms with Crippen LogP contribution in [0.25, 0.3) is 0 Å². The van der Waals surface area contributed by atoms with Crippen molar-refractivity contribution in [2.75, 3.05) is 0 Å². The zero-order valence-corrected chi connectivity index (χ0v) is 12.5. The largest absolute Gasteiger partial charge is 0.434 e. The predicted octanol–water partition coefficient (Wildman–Crippen LogP) is 3.31. The fourth-order valence-electron chi connectivity index (χ4n) is 2.73. The maximum Gasteiger partial charge on any atom is 0.387 e. The molecule has 0 saturated heterocycles. The third kappa shape index (κ3) is 3.56. The highest BCUT2D eigenvalue weighted by Gasteiger charge is 2.20. The van der Waals surface area contributed by atoms with E-state index in [9.17, 15) is 8.78 Å². The maximum atomic E-state index is 12.4. The molecule has 7 heteroatoms. The number of aromatic nitrogens is 2. The van der Waals surface area contributed by atoms with Gasteiger partial charge in [0, 0.05) is 35.3 Å². The van der Waals surface area contributed by atoms with Crippen molar-refractivity contribution in [1.29, 1.82) is 0 Å². The van der Waals surface area contributed by atoms with E-state index in [2.05, 4.69) is 20.0 Å². The molecule has 0 fully saturated rings. The quantitative estimate of drug-likeness (QED) is 0.885. The Morgan fingerprint density at radius 1 is 1.45 bits per heavy atom. The summed E-state index contributed by atoms with van der Waals surface area (Å²) in [6.45, 7) is -2.42. The average Bonchev–Trinajstić information content (AvgIpc) is 2.94. The normalized spacial score (nSPS) is 17.5. The lowest BCUT2D eigenvalue weighted by molar-refractivity contribution is -0.0505. The van der Waals surface area contributed by atoms with E-state index in [1.807, 2.05) is 0 Å². The molecule has 0 spiro atoms. The van der Waals surface area contributed by atoms with Crippen LogP contribution < -0.4 is 10.1 Å². The number of imidazole rings is 1. The molecule has 0 radical (unpaired) electrons. The Labute approximate surface area is 131 Å². The number of hydrogen-bond donors (Lipinski definition) is 2. The van der Waals surface area contributed by atoms with Crippen LogP contribution >= 0.6 is 11.6 Å². The number of hydrogen-bond acceptors (Lipinski definition) is 3. The lowest BCUT2D eigenvalue weighted by atomic mass is 9.96. The summed E-state index contributed by atoms with van der Waals surface area (Å²) in [7, 11) is 0. The van der Waals surface area contributed by atoms with E-state index in [1.165, 1.54) is 6.07 Å². The Balaban J connectivity index is 1.65. The molecule has 4 nitrogen and oxygen atoms in total. The maximum absolute atomic E-state index is 12.4. The lowest BCUT2D eigenvalue weighted by Crippen LogP contribution is -2.34. The molecule has 22 heavy (non-hydrogen) atoms. The van der Waals surface area contributed by atoms with Crippen LogP contribution in [-0.4, -0.2) is 22.6 Å². The minimum atomic E-state index is -2.85. The number of H-pyrrole nitrogens is 1.